The van der Waals surface area contributed by atoms with Crippen molar-refractivity contribution in [2.24, 2.45) is 11.7 Å². The van der Waals surface area contributed by atoms with Crippen molar-refractivity contribution in [2.75, 3.05) is 0 Å². The lowest BCUT2D eigenvalue weighted by Crippen LogP contribution is -2.26. The molecule has 96 valence electrons. The Morgan fingerprint density at radius 1 is 1.50 bits per heavy atom. The van der Waals surface area contributed by atoms with Crippen molar-refractivity contribution in [1.29, 1.82) is 0 Å². The molecule has 2 aromatic rings. The van der Waals surface area contributed by atoms with Crippen LogP contribution in [-0.4, -0.2) is 15.6 Å². The van der Waals surface area contributed by atoms with Gasteiger partial charge in [0, 0.05) is 25.1 Å². The lowest BCUT2D eigenvalue weighted by atomic mass is 10.1. The van der Waals surface area contributed by atoms with E-state index in [0.717, 1.165) is 29.8 Å². The minimum atomic E-state index is -0.235. The van der Waals surface area contributed by atoms with E-state index < -0.39 is 0 Å². The van der Waals surface area contributed by atoms with Gasteiger partial charge in [0.1, 0.15) is 11.6 Å². The molecule has 1 aromatic carbocycles. The van der Waals surface area contributed by atoms with Crippen molar-refractivity contribution in [1.82, 2.24) is 9.55 Å². The smallest absolute Gasteiger partial charge is 0.125 e. The normalized spacial score (nSPS) is 17.3. The lowest BCUT2D eigenvalue weighted by Gasteiger charge is -2.11. The van der Waals surface area contributed by atoms with E-state index in [1.54, 1.807) is 6.07 Å². The van der Waals surface area contributed by atoms with Gasteiger partial charge in [0.25, 0.3) is 0 Å². The van der Waals surface area contributed by atoms with Crippen LogP contribution in [0.15, 0.2) is 18.2 Å². The number of rotatable bonds is 4. The molecule has 0 saturated heterocycles. The summed E-state index contributed by atoms with van der Waals surface area (Å²) in [6, 6.07) is 4.97. The minimum absolute atomic E-state index is 0.192. The van der Waals surface area contributed by atoms with Gasteiger partial charge in [-0.25, -0.2) is 9.37 Å². The molecule has 1 unspecified atom stereocenters. The van der Waals surface area contributed by atoms with Crippen LogP contribution in [0, 0.1) is 11.7 Å². The zero-order chi connectivity index (χ0) is 12.7. The summed E-state index contributed by atoms with van der Waals surface area (Å²) >= 11 is 0. The maximum Gasteiger partial charge on any atom is 0.125 e. The van der Waals surface area contributed by atoms with Crippen molar-refractivity contribution in [3.05, 3.63) is 29.8 Å². The largest absolute Gasteiger partial charge is 0.328 e. The van der Waals surface area contributed by atoms with Crippen LogP contribution >= 0.6 is 0 Å². The van der Waals surface area contributed by atoms with Gasteiger partial charge in [-0.15, -0.1) is 0 Å². The van der Waals surface area contributed by atoms with Crippen molar-refractivity contribution in [3.63, 3.8) is 0 Å². The number of nitrogens with two attached hydrogens (primary N) is 1. The van der Waals surface area contributed by atoms with Crippen LogP contribution in [0.5, 0.6) is 0 Å². The summed E-state index contributed by atoms with van der Waals surface area (Å²) in [5, 5.41) is 0. The molecule has 4 heteroatoms. The fourth-order valence-electron chi connectivity index (χ4n) is 2.56. The Balaban J connectivity index is 1.99. The van der Waals surface area contributed by atoms with E-state index in [9.17, 15) is 4.39 Å². The molecular formula is C14H18FN3. The van der Waals surface area contributed by atoms with Gasteiger partial charge >= 0.3 is 0 Å². The number of hydrogen-bond acceptors (Lipinski definition) is 2. The van der Waals surface area contributed by atoms with E-state index in [0.29, 0.717) is 5.92 Å². The number of hydrogen-bond donors (Lipinski definition) is 1. The number of halogens is 1. The number of nitrogens with zero attached hydrogens (tertiary/aromatic N) is 2. The molecular weight excluding hydrogens is 229 g/mol. The molecule has 1 aliphatic carbocycles. The molecule has 0 spiro atoms. The zero-order valence-electron chi connectivity index (χ0n) is 10.6. The Bertz CT molecular complexity index is 572. The predicted octanol–water partition coefficient (Wildman–Crippen LogP) is 2.48. The standard InChI is InChI=1S/C14H18FN3/c1-2-18-13-6-5-10(15)7-12(13)17-14(18)8-11(16)9-3-4-9/h5-7,9,11H,2-4,8,16H2,1H3. The van der Waals surface area contributed by atoms with E-state index in [1.165, 1.54) is 25.0 Å². The zero-order valence-corrected chi connectivity index (χ0v) is 10.6. The summed E-state index contributed by atoms with van der Waals surface area (Å²) in [4.78, 5) is 4.54. The summed E-state index contributed by atoms with van der Waals surface area (Å²) in [6.07, 6.45) is 3.26. The van der Waals surface area contributed by atoms with Crippen molar-refractivity contribution in [3.8, 4) is 0 Å². The van der Waals surface area contributed by atoms with Crippen molar-refractivity contribution < 1.29 is 4.39 Å². The monoisotopic (exact) mass is 247 g/mol. The highest BCUT2D eigenvalue weighted by Crippen LogP contribution is 2.33. The molecule has 1 atom stereocenters. The average Bonchev–Trinajstić information content (AvgIpc) is 3.12. The second-order valence-electron chi connectivity index (χ2n) is 5.11. The van der Waals surface area contributed by atoms with Crippen LogP contribution in [0.2, 0.25) is 0 Å². The average molecular weight is 247 g/mol. The molecule has 1 heterocycles. The van der Waals surface area contributed by atoms with Gasteiger partial charge in [-0.1, -0.05) is 0 Å². The summed E-state index contributed by atoms with van der Waals surface area (Å²) < 4.78 is 15.3. The molecule has 0 bridgehead atoms. The topological polar surface area (TPSA) is 43.8 Å². The third-order valence-electron chi connectivity index (χ3n) is 3.75. The van der Waals surface area contributed by atoms with Crippen LogP contribution in [0.25, 0.3) is 11.0 Å². The van der Waals surface area contributed by atoms with Crippen LogP contribution in [0.1, 0.15) is 25.6 Å². The first-order valence-electron chi connectivity index (χ1n) is 6.59. The first-order valence-corrected chi connectivity index (χ1v) is 6.59. The number of imidazole rings is 1. The molecule has 1 aliphatic rings. The molecule has 0 radical (unpaired) electrons. The first-order chi connectivity index (χ1) is 8.69. The summed E-state index contributed by atoms with van der Waals surface area (Å²) in [5.41, 5.74) is 7.89. The minimum Gasteiger partial charge on any atom is -0.328 e. The highest BCUT2D eigenvalue weighted by atomic mass is 19.1. The third kappa shape index (κ3) is 2.01. The molecule has 3 rings (SSSR count). The van der Waals surface area contributed by atoms with Crippen LogP contribution in [0.3, 0.4) is 0 Å². The van der Waals surface area contributed by atoms with Gasteiger partial charge in [-0.3, -0.25) is 0 Å². The van der Waals surface area contributed by atoms with Crippen molar-refractivity contribution in [2.45, 2.75) is 38.8 Å². The van der Waals surface area contributed by atoms with Gasteiger partial charge in [-0.2, -0.15) is 0 Å². The Kier molecular flexibility index (Phi) is 2.82. The highest BCUT2D eigenvalue weighted by molar-refractivity contribution is 5.76. The fourth-order valence-corrected chi connectivity index (χ4v) is 2.56. The summed E-state index contributed by atoms with van der Waals surface area (Å²) in [7, 11) is 0. The van der Waals surface area contributed by atoms with E-state index >= 15 is 0 Å². The van der Waals surface area contributed by atoms with E-state index in [-0.39, 0.29) is 11.9 Å². The van der Waals surface area contributed by atoms with Crippen LogP contribution in [0.4, 0.5) is 4.39 Å². The van der Waals surface area contributed by atoms with Gasteiger partial charge in [0.05, 0.1) is 11.0 Å². The Morgan fingerprint density at radius 3 is 2.94 bits per heavy atom. The number of fused-ring (bicyclic) bond motifs is 1. The molecule has 3 nitrogen and oxygen atoms in total. The molecule has 1 fully saturated rings. The lowest BCUT2D eigenvalue weighted by molar-refractivity contribution is 0.557. The van der Waals surface area contributed by atoms with E-state index in [2.05, 4.69) is 16.5 Å². The first kappa shape index (κ1) is 11.7. The van der Waals surface area contributed by atoms with Gasteiger partial charge in [0.15, 0.2) is 0 Å². The number of aryl methyl sites for hydroxylation is 1. The van der Waals surface area contributed by atoms with Gasteiger partial charge in [0.2, 0.25) is 0 Å². The van der Waals surface area contributed by atoms with Gasteiger partial charge < -0.3 is 10.3 Å². The third-order valence-corrected chi connectivity index (χ3v) is 3.75. The molecule has 1 saturated carbocycles. The van der Waals surface area contributed by atoms with E-state index in [4.69, 9.17) is 5.73 Å². The Labute approximate surface area is 106 Å². The highest BCUT2D eigenvalue weighted by Gasteiger charge is 2.29. The molecule has 1 aromatic heterocycles. The fraction of sp³-hybridized carbons (Fsp3) is 0.500. The molecule has 0 aliphatic heterocycles. The second kappa shape index (κ2) is 4.35. The number of benzene rings is 1. The summed E-state index contributed by atoms with van der Waals surface area (Å²) in [5.74, 6) is 1.41. The molecule has 2 N–H and O–H groups in total. The maximum absolute atomic E-state index is 13.2. The SMILES string of the molecule is CCn1c(CC(N)C2CC2)nc2cc(F)ccc21. The van der Waals surface area contributed by atoms with Crippen LogP contribution < -0.4 is 5.73 Å². The van der Waals surface area contributed by atoms with E-state index in [1.807, 2.05) is 0 Å². The number of aromatic nitrogens is 2. The summed E-state index contributed by atoms with van der Waals surface area (Å²) in [6.45, 7) is 2.92. The Hall–Kier alpha value is -1.42. The molecule has 18 heavy (non-hydrogen) atoms. The Morgan fingerprint density at radius 2 is 2.28 bits per heavy atom. The quantitative estimate of drug-likeness (QED) is 0.902. The maximum atomic E-state index is 13.2. The van der Waals surface area contributed by atoms with Crippen molar-refractivity contribution >= 4 is 11.0 Å². The predicted molar refractivity (Wildman–Crippen MR) is 69.8 cm³/mol. The second-order valence-corrected chi connectivity index (χ2v) is 5.11. The molecule has 0 amide bonds. The van der Waals surface area contributed by atoms with Crippen LogP contribution in [-0.2, 0) is 13.0 Å². The van der Waals surface area contributed by atoms with Gasteiger partial charge in [-0.05, 0) is 37.8 Å².